The minimum absolute atomic E-state index is 0.116. The van der Waals surface area contributed by atoms with Crippen LogP contribution in [0.2, 0.25) is 0 Å². The number of hydrogen-bond acceptors (Lipinski definition) is 1. The van der Waals surface area contributed by atoms with Gasteiger partial charge in [0.15, 0.2) is 0 Å². The first-order valence-corrected chi connectivity index (χ1v) is 9.06. The minimum atomic E-state index is 0.116. The Hall–Kier alpha value is -2.35. The summed E-state index contributed by atoms with van der Waals surface area (Å²) in [6.07, 6.45) is 5.08. The van der Waals surface area contributed by atoms with Crippen molar-refractivity contribution in [3.8, 4) is 17.1 Å². The van der Waals surface area contributed by atoms with Crippen molar-refractivity contribution in [2.45, 2.75) is 53.4 Å². The Kier molecular flexibility index (Phi) is 4.55. The molecule has 0 radical (unpaired) electrons. The van der Waals surface area contributed by atoms with E-state index in [9.17, 15) is 0 Å². The van der Waals surface area contributed by atoms with Gasteiger partial charge in [-0.15, -0.1) is 0 Å². The van der Waals surface area contributed by atoms with Gasteiger partial charge < -0.3 is 0 Å². The summed E-state index contributed by atoms with van der Waals surface area (Å²) in [7, 11) is 0. The summed E-state index contributed by atoms with van der Waals surface area (Å²) in [4.78, 5) is 4.74. The standard InChI is InChI=1S/C23H28N2/c1-7-23(5,6)20-11-9-8-10-19(20)22-24-12-13-25(22)21-17(3)14-16(2)15-18(21)4/h8-15H,7H2,1-6H3. The first-order valence-electron chi connectivity index (χ1n) is 9.06. The van der Waals surface area contributed by atoms with E-state index in [1.54, 1.807) is 0 Å². The van der Waals surface area contributed by atoms with E-state index in [4.69, 9.17) is 4.98 Å². The summed E-state index contributed by atoms with van der Waals surface area (Å²) in [5.41, 5.74) is 7.79. The molecule has 0 atom stereocenters. The van der Waals surface area contributed by atoms with E-state index in [2.05, 4.69) is 88.7 Å². The lowest BCUT2D eigenvalue weighted by Crippen LogP contribution is -2.17. The Morgan fingerprint density at radius 2 is 1.64 bits per heavy atom. The van der Waals surface area contributed by atoms with E-state index in [0.29, 0.717) is 0 Å². The van der Waals surface area contributed by atoms with Crippen LogP contribution in [0, 0.1) is 20.8 Å². The Balaban J connectivity index is 2.24. The Labute approximate surface area is 151 Å². The van der Waals surface area contributed by atoms with Crippen LogP contribution in [0.15, 0.2) is 48.8 Å². The van der Waals surface area contributed by atoms with E-state index in [1.165, 1.54) is 33.5 Å². The van der Waals surface area contributed by atoms with Crippen LogP contribution in [0.25, 0.3) is 17.1 Å². The second-order valence-electron chi connectivity index (χ2n) is 7.65. The van der Waals surface area contributed by atoms with E-state index in [-0.39, 0.29) is 5.41 Å². The van der Waals surface area contributed by atoms with Gasteiger partial charge in [-0.1, -0.05) is 62.7 Å². The molecule has 0 aliphatic rings. The SMILES string of the molecule is CCC(C)(C)c1ccccc1-c1nccn1-c1c(C)cc(C)cc1C. The maximum absolute atomic E-state index is 4.74. The molecule has 0 aliphatic carbocycles. The smallest absolute Gasteiger partial charge is 0.144 e. The highest BCUT2D eigenvalue weighted by Crippen LogP contribution is 2.36. The average molecular weight is 332 g/mol. The summed E-state index contributed by atoms with van der Waals surface area (Å²) in [5, 5.41) is 0. The molecule has 0 saturated heterocycles. The molecule has 2 aromatic carbocycles. The molecule has 0 spiro atoms. The monoisotopic (exact) mass is 332 g/mol. The van der Waals surface area contributed by atoms with E-state index in [1.807, 2.05) is 6.20 Å². The van der Waals surface area contributed by atoms with Gasteiger partial charge in [0.1, 0.15) is 5.82 Å². The molecule has 2 nitrogen and oxygen atoms in total. The zero-order valence-corrected chi connectivity index (χ0v) is 16.2. The first-order chi connectivity index (χ1) is 11.8. The molecule has 0 N–H and O–H groups in total. The van der Waals surface area contributed by atoms with Gasteiger partial charge in [-0.25, -0.2) is 4.98 Å². The van der Waals surface area contributed by atoms with E-state index < -0.39 is 0 Å². The highest BCUT2D eigenvalue weighted by atomic mass is 15.1. The third-order valence-electron chi connectivity index (χ3n) is 5.30. The topological polar surface area (TPSA) is 17.8 Å². The molecule has 0 amide bonds. The normalized spacial score (nSPS) is 11.8. The fourth-order valence-electron chi connectivity index (χ4n) is 3.69. The van der Waals surface area contributed by atoms with Gasteiger partial charge in [-0.2, -0.15) is 0 Å². The van der Waals surface area contributed by atoms with Gasteiger partial charge in [-0.3, -0.25) is 4.57 Å². The average Bonchev–Trinajstić information content (AvgIpc) is 3.03. The molecule has 0 bridgehead atoms. The van der Waals surface area contributed by atoms with Crippen molar-refractivity contribution in [2.75, 3.05) is 0 Å². The summed E-state index contributed by atoms with van der Waals surface area (Å²) < 4.78 is 2.24. The number of aromatic nitrogens is 2. The lowest BCUT2D eigenvalue weighted by Gasteiger charge is -2.26. The fourth-order valence-corrected chi connectivity index (χ4v) is 3.69. The van der Waals surface area contributed by atoms with Crippen molar-refractivity contribution >= 4 is 0 Å². The van der Waals surface area contributed by atoms with Gasteiger partial charge in [0.2, 0.25) is 0 Å². The molecule has 0 aliphatic heterocycles. The number of benzene rings is 2. The Morgan fingerprint density at radius 1 is 1.00 bits per heavy atom. The molecule has 25 heavy (non-hydrogen) atoms. The van der Waals surface area contributed by atoms with Crippen LogP contribution in [0.1, 0.15) is 49.4 Å². The number of imidazole rings is 1. The van der Waals surface area contributed by atoms with E-state index in [0.717, 1.165) is 12.2 Å². The maximum Gasteiger partial charge on any atom is 0.144 e. The second kappa shape index (κ2) is 6.51. The Bertz CT molecular complexity index is 877. The highest BCUT2D eigenvalue weighted by Gasteiger charge is 2.24. The molecule has 3 rings (SSSR count). The first kappa shape index (κ1) is 17.5. The minimum Gasteiger partial charge on any atom is -0.299 e. The molecule has 0 unspecified atom stereocenters. The van der Waals surface area contributed by atoms with Crippen LogP contribution in [-0.4, -0.2) is 9.55 Å². The van der Waals surface area contributed by atoms with Crippen molar-refractivity contribution in [3.63, 3.8) is 0 Å². The van der Waals surface area contributed by atoms with Gasteiger partial charge >= 0.3 is 0 Å². The van der Waals surface area contributed by atoms with Crippen molar-refractivity contribution in [3.05, 3.63) is 71.0 Å². The third-order valence-corrected chi connectivity index (χ3v) is 5.30. The lowest BCUT2D eigenvalue weighted by molar-refractivity contribution is 0.507. The van der Waals surface area contributed by atoms with Crippen molar-refractivity contribution in [1.82, 2.24) is 9.55 Å². The van der Waals surface area contributed by atoms with E-state index >= 15 is 0 Å². The van der Waals surface area contributed by atoms with Gasteiger partial charge in [0.25, 0.3) is 0 Å². The third kappa shape index (κ3) is 3.13. The second-order valence-corrected chi connectivity index (χ2v) is 7.65. The molecule has 0 fully saturated rings. The fraction of sp³-hybridized carbons (Fsp3) is 0.348. The summed E-state index contributed by atoms with van der Waals surface area (Å²) >= 11 is 0. The molecule has 3 aromatic rings. The number of rotatable bonds is 4. The van der Waals surface area contributed by atoms with Crippen LogP contribution < -0.4 is 0 Å². The molecule has 130 valence electrons. The number of hydrogen-bond donors (Lipinski definition) is 0. The zero-order valence-electron chi connectivity index (χ0n) is 16.2. The zero-order chi connectivity index (χ0) is 18.2. The predicted molar refractivity (Wildman–Crippen MR) is 107 cm³/mol. The van der Waals surface area contributed by atoms with Crippen molar-refractivity contribution in [2.24, 2.45) is 0 Å². The van der Waals surface area contributed by atoms with Crippen molar-refractivity contribution in [1.29, 1.82) is 0 Å². The largest absolute Gasteiger partial charge is 0.299 e. The van der Waals surface area contributed by atoms with Gasteiger partial charge in [0, 0.05) is 18.0 Å². The summed E-state index contributed by atoms with van der Waals surface area (Å²) in [6, 6.07) is 13.2. The highest BCUT2D eigenvalue weighted by molar-refractivity contribution is 5.66. The lowest BCUT2D eigenvalue weighted by atomic mass is 9.79. The summed E-state index contributed by atoms with van der Waals surface area (Å²) in [6.45, 7) is 13.4. The van der Waals surface area contributed by atoms with Crippen molar-refractivity contribution < 1.29 is 0 Å². The number of aryl methyl sites for hydroxylation is 3. The number of nitrogens with zero attached hydrogens (tertiary/aromatic N) is 2. The van der Waals surface area contributed by atoms with Crippen LogP contribution in [0.5, 0.6) is 0 Å². The summed E-state index contributed by atoms with van der Waals surface area (Å²) in [5.74, 6) is 1.02. The van der Waals surface area contributed by atoms with Crippen LogP contribution in [-0.2, 0) is 5.41 Å². The Morgan fingerprint density at radius 3 is 2.28 bits per heavy atom. The van der Waals surface area contributed by atoms with Gasteiger partial charge in [-0.05, 0) is 49.3 Å². The maximum atomic E-state index is 4.74. The molecule has 1 aromatic heterocycles. The molecular formula is C23H28N2. The van der Waals surface area contributed by atoms with Crippen LogP contribution in [0.3, 0.4) is 0 Å². The molecule has 1 heterocycles. The molecule has 0 saturated carbocycles. The quantitative estimate of drug-likeness (QED) is 0.560. The molecular weight excluding hydrogens is 304 g/mol. The predicted octanol–water partition coefficient (Wildman–Crippen LogP) is 6.15. The van der Waals surface area contributed by atoms with Crippen LogP contribution >= 0.6 is 0 Å². The van der Waals surface area contributed by atoms with Crippen LogP contribution in [0.4, 0.5) is 0 Å². The molecule has 2 heteroatoms. The van der Waals surface area contributed by atoms with Gasteiger partial charge in [0.05, 0.1) is 5.69 Å².